The molecule has 2 rings (SSSR count). The Morgan fingerprint density at radius 3 is 2.90 bits per heavy atom. The SMILES string of the molecule is CN(Cc1ccc(C(N)=NO)cc1F)CC1CCCN1C. The van der Waals surface area contributed by atoms with E-state index in [1.165, 1.54) is 18.9 Å². The monoisotopic (exact) mass is 294 g/mol. The lowest BCUT2D eigenvalue weighted by Gasteiger charge is -2.26. The van der Waals surface area contributed by atoms with Crippen LogP contribution in [0.25, 0.3) is 0 Å². The van der Waals surface area contributed by atoms with Crippen LogP contribution in [0, 0.1) is 5.82 Å². The van der Waals surface area contributed by atoms with Crippen molar-refractivity contribution >= 4 is 5.84 Å². The summed E-state index contributed by atoms with van der Waals surface area (Å²) >= 11 is 0. The highest BCUT2D eigenvalue weighted by atomic mass is 19.1. The number of nitrogens with two attached hydrogens (primary N) is 1. The molecule has 5 nitrogen and oxygen atoms in total. The van der Waals surface area contributed by atoms with Crippen LogP contribution >= 0.6 is 0 Å². The van der Waals surface area contributed by atoms with Crippen LogP contribution in [0.4, 0.5) is 4.39 Å². The van der Waals surface area contributed by atoms with Crippen LogP contribution < -0.4 is 5.73 Å². The Kier molecular flexibility index (Phi) is 5.14. The molecule has 1 unspecified atom stereocenters. The zero-order valence-corrected chi connectivity index (χ0v) is 12.6. The van der Waals surface area contributed by atoms with E-state index in [1.54, 1.807) is 12.1 Å². The molecular weight excluding hydrogens is 271 g/mol. The zero-order chi connectivity index (χ0) is 15.4. The molecule has 116 valence electrons. The smallest absolute Gasteiger partial charge is 0.170 e. The van der Waals surface area contributed by atoms with Crippen molar-refractivity contribution < 1.29 is 9.60 Å². The molecule has 1 aliphatic rings. The molecule has 1 fully saturated rings. The molecule has 1 aliphatic heterocycles. The molecule has 0 spiro atoms. The first-order valence-electron chi connectivity index (χ1n) is 7.16. The minimum atomic E-state index is -0.328. The maximum absolute atomic E-state index is 14.1. The van der Waals surface area contributed by atoms with E-state index in [2.05, 4.69) is 22.0 Å². The molecule has 1 aromatic rings. The van der Waals surface area contributed by atoms with E-state index in [0.29, 0.717) is 23.7 Å². The molecule has 6 heteroatoms. The summed E-state index contributed by atoms with van der Waals surface area (Å²) in [5.74, 6) is -0.410. The molecular formula is C15H23FN4O. The van der Waals surface area contributed by atoms with Gasteiger partial charge in [0.25, 0.3) is 0 Å². The Morgan fingerprint density at radius 1 is 1.57 bits per heavy atom. The summed E-state index contributed by atoms with van der Waals surface area (Å²) in [6, 6.07) is 5.22. The summed E-state index contributed by atoms with van der Waals surface area (Å²) in [4.78, 5) is 4.49. The van der Waals surface area contributed by atoms with Crippen LogP contribution in [-0.2, 0) is 6.54 Å². The van der Waals surface area contributed by atoms with Crippen molar-refractivity contribution in [2.45, 2.75) is 25.4 Å². The van der Waals surface area contributed by atoms with E-state index >= 15 is 0 Å². The van der Waals surface area contributed by atoms with Crippen LogP contribution in [0.5, 0.6) is 0 Å². The predicted molar refractivity (Wildman–Crippen MR) is 80.9 cm³/mol. The third kappa shape index (κ3) is 3.92. The van der Waals surface area contributed by atoms with Gasteiger partial charge in [-0.15, -0.1) is 0 Å². The number of amidine groups is 1. The Hall–Kier alpha value is -1.66. The van der Waals surface area contributed by atoms with Gasteiger partial charge in [0.1, 0.15) is 5.82 Å². The van der Waals surface area contributed by atoms with Gasteiger partial charge in [0, 0.05) is 30.3 Å². The number of benzene rings is 1. The summed E-state index contributed by atoms with van der Waals surface area (Å²) in [6.07, 6.45) is 2.43. The van der Waals surface area contributed by atoms with E-state index in [-0.39, 0.29) is 11.7 Å². The fraction of sp³-hybridized carbons (Fsp3) is 0.533. The summed E-state index contributed by atoms with van der Waals surface area (Å²) in [5.41, 5.74) is 6.46. The van der Waals surface area contributed by atoms with Gasteiger partial charge in [0.2, 0.25) is 0 Å². The molecule has 0 aliphatic carbocycles. The quantitative estimate of drug-likeness (QED) is 0.373. The minimum Gasteiger partial charge on any atom is -0.409 e. The van der Waals surface area contributed by atoms with Gasteiger partial charge in [0.05, 0.1) is 0 Å². The van der Waals surface area contributed by atoms with Gasteiger partial charge in [-0.2, -0.15) is 0 Å². The average molecular weight is 294 g/mol. The Balaban J connectivity index is 1.99. The number of likely N-dealkylation sites (tertiary alicyclic amines) is 1. The largest absolute Gasteiger partial charge is 0.409 e. The Bertz CT molecular complexity index is 520. The molecule has 3 N–H and O–H groups in total. The third-order valence-electron chi connectivity index (χ3n) is 4.09. The van der Waals surface area contributed by atoms with Crippen molar-refractivity contribution in [1.82, 2.24) is 9.80 Å². The molecule has 1 saturated heterocycles. The lowest BCUT2D eigenvalue weighted by Crippen LogP contribution is -2.36. The van der Waals surface area contributed by atoms with Gasteiger partial charge in [-0.3, -0.25) is 0 Å². The summed E-state index contributed by atoms with van der Waals surface area (Å²) in [7, 11) is 4.14. The van der Waals surface area contributed by atoms with Crippen LogP contribution in [-0.4, -0.2) is 54.1 Å². The van der Waals surface area contributed by atoms with E-state index in [0.717, 1.165) is 13.1 Å². The average Bonchev–Trinajstić information content (AvgIpc) is 2.85. The third-order valence-corrected chi connectivity index (χ3v) is 4.09. The summed E-state index contributed by atoms with van der Waals surface area (Å²) in [5, 5.41) is 11.5. The van der Waals surface area contributed by atoms with Gasteiger partial charge >= 0.3 is 0 Å². The summed E-state index contributed by atoms with van der Waals surface area (Å²) in [6.45, 7) is 2.62. The van der Waals surface area contributed by atoms with E-state index < -0.39 is 0 Å². The number of halogens is 1. The van der Waals surface area contributed by atoms with Crippen LogP contribution in [0.1, 0.15) is 24.0 Å². The molecule has 21 heavy (non-hydrogen) atoms. The van der Waals surface area contributed by atoms with Gasteiger partial charge in [0.15, 0.2) is 5.84 Å². The number of oxime groups is 1. The van der Waals surface area contributed by atoms with Crippen LogP contribution in [0.3, 0.4) is 0 Å². The van der Waals surface area contributed by atoms with Crippen LogP contribution in [0.2, 0.25) is 0 Å². The van der Waals surface area contributed by atoms with Gasteiger partial charge in [-0.1, -0.05) is 17.3 Å². The second-order valence-electron chi connectivity index (χ2n) is 5.76. The van der Waals surface area contributed by atoms with Crippen molar-refractivity contribution in [1.29, 1.82) is 0 Å². The van der Waals surface area contributed by atoms with Crippen molar-refractivity contribution in [2.75, 3.05) is 27.2 Å². The highest BCUT2D eigenvalue weighted by molar-refractivity contribution is 5.97. The van der Waals surface area contributed by atoms with Crippen molar-refractivity contribution in [2.24, 2.45) is 10.9 Å². The molecule has 0 bridgehead atoms. The fourth-order valence-electron chi connectivity index (χ4n) is 2.82. The van der Waals surface area contributed by atoms with E-state index in [9.17, 15) is 4.39 Å². The van der Waals surface area contributed by atoms with E-state index in [4.69, 9.17) is 10.9 Å². The number of hydrogen-bond donors (Lipinski definition) is 2. The van der Waals surface area contributed by atoms with Crippen molar-refractivity contribution in [3.05, 3.63) is 35.1 Å². The lowest BCUT2D eigenvalue weighted by molar-refractivity contribution is 0.214. The lowest BCUT2D eigenvalue weighted by atomic mass is 10.1. The van der Waals surface area contributed by atoms with Gasteiger partial charge in [-0.05, 0) is 39.5 Å². The zero-order valence-electron chi connectivity index (χ0n) is 12.6. The number of nitrogens with zero attached hydrogens (tertiary/aromatic N) is 3. The molecule has 1 aromatic carbocycles. The predicted octanol–water partition coefficient (Wildman–Crippen LogP) is 1.45. The topological polar surface area (TPSA) is 65.1 Å². The molecule has 1 heterocycles. The molecule has 0 saturated carbocycles. The highest BCUT2D eigenvalue weighted by Crippen LogP contribution is 2.17. The molecule has 0 aromatic heterocycles. The second kappa shape index (κ2) is 6.87. The first kappa shape index (κ1) is 15.7. The summed E-state index contributed by atoms with van der Waals surface area (Å²) < 4.78 is 14.1. The van der Waals surface area contributed by atoms with Crippen molar-refractivity contribution in [3.8, 4) is 0 Å². The number of rotatable bonds is 5. The maximum atomic E-state index is 14.1. The Morgan fingerprint density at radius 2 is 2.33 bits per heavy atom. The maximum Gasteiger partial charge on any atom is 0.170 e. The van der Waals surface area contributed by atoms with Gasteiger partial charge in [-0.25, -0.2) is 4.39 Å². The first-order chi connectivity index (χ1) is 10.0. The van der Waals surface area contributed by atoms with Crippen molar-refractivity contribution in [3.63, 3.8) is 0 Å². The first-order valence-corrected chi connectivity index (χ1v) is 7.16. The highest BCUT2D eigenvalue weighted by Gasteiger charge is 2.22. The molecule has 0 radical (unpaired) electrons. The fourth-order valence-corrected chi connectivity index (χ4v) is 2.82. The number of likely N-dealkylation sites (N-methyl/N-ethyl adjacent to an activating group) is 2. The van der Waals surface area contributed by atoms with Gasteiger partial charge < -0.3 is 20.7 Å². The second-order valence-corrected chi connectivity index (χ2v) is 5.76. The normalized spacial score (nSPS) is 20.4. The molecule has 1 atom stereocenters. The molecule has 0 amide bonds. The standard InChI is InChI=1S/C15H23FN4O/c1-19(10-13-4-3-7-20(13)2)9-12-6-5-11(8-14(12)16)15(17)18-21/h5-6,8,13,21H,3-4,7,9-10H2,1-2H3,(H2,17,18). The minimum absolute atomic E-state index is 0.0821. The van der Waals surface area contributed by atoms with Crippen LogP contribution in [0.15, 0.2) is 23.4 Å². The Labute approximate surface area is 124 Å². The van der Waals surface area contributed by atoms with E-state index in [1.807, 2.05) is 7.05 Å². The number of hydrogen-bond acceptors (Lipinski definition) is 4.